The number of methoxy groups -OCH3 is 1. The van der Waals surface area contributed by atoms with Crippen LogP contribution in [0.15, 0.2) is 12.1 Å². The number of halogens is 1. The number of carbonyl (C=O) groups excluding carboxylic acids is 1. The summed E-state index contributed by atoms with van der Waals surface area (Å²) in [5.41, 5.74) is 1.29. The van der Waals surface area contributed by atoms with Crippen molar-refractivity contribution in [2.24, 2.45) is 0 Å². The Bertz CT molecular complexity index is 308. The van der Waals surface area contributed by atoms with E-state index in [1.165, 1.54) is 7.11 Å². The summed E-state index contributed by atoms with van der Waals surface area (Å²) in [7, 11) is 1.51. The third-order valence-corrected chi connectivity index (χ3v) is 2.17. The van der Waals surface area contributed by atoms with E-state index in [1.807, 2.05) is 13.0 Å². The van der Waals surface area contributed by atoms with Crippen LogP contribution >= 0.6 is 11.6 Å². The van der Waals surface area contributed by atoms with Crippen LogP contribution in [0.25, 0.3) is 0 Å². The predicted molar refractivity (Wildman–Crippen MR) is 48.1 cm³/mol. The van der Waals surface area contributed by atoms with E-state index in [1.54, 1.807) is 6.07 Å². The molecule has 0 bridgehead atoms. The Morgan fingerprint density at radius 3 is 2.67 bits per heavy atom. The Morgan fingerprint density at radius 1 is 1.50 bits per heavy atom. The van der Waals surface area contributed by atoms with E-state index in [4.69, 9.17) is 16.3 Å². The highest BCUT2D eigenvalue weighted by atomic mass is 35.5. The molecule has 0 aliphatic rings. The first-order valence-electron chi connectivity index (χ1n) is 3.49. The second-order valence-corrected chi connectivity index (χ2v) is 2.81. The van der Waals surface area contributed by atoms with Crippen LogP contribution in [-0.2, 0) is 0 Å². The maximum atomic E-state index is 10.6. The zero-order valence-corrected chi connectivity index (χ0v) is 7.68. The highest BCUT2D eigenvalue weighted by Gasteiger charge is 2.08. The van der Waals surface area contributed by atoms with Crippen molar-refractivity contribution in [3.05, 3.63) is 28.3 Å². The van der Waals surface area contributed by atoms with Gasteiger partial charge in [0.05, 0.1) is 17.7 Å². The lowest BCUT2D eigenvalue weighted by atomic mass is 10.1. The van der Waals surface area contributed by atoms with Crippen LogP contribution < -0.4 is 4.74 Å². The maximum absolute atomic E-state index is 10.6. The molecule has 0 amide bonds. The minimum atomic E-state index is 0.416. The lowest BCUT2D eigenvalue weighted by Gasteiger charge is -2.06. The molecule has 0 N–H and O–H groups in total. The Hall–Kier alpha value is -1.02. The monoisotopic (exact) mass is 184 g/mol. The van der Waals surface area contributed by atoms with E-state index in [2.05, 4.69) is 0 Å². The topological polar surface area (TPSA) is 26.3 Å². The SMILES string of the molecule is COc1ccc(C)c(Cl)c1C=O. The molecule has 0 saturated heterocycles. The van der Waals surface area contributed by atoms with E-state index in [0.29, 0.717) is 22.6 Å². The van der Waals surface area contributed by atoms with Gasteiger partial charge in [0.2, 0.25) is 0 Å². The number of hydrogen-bond donors (Lipinski definition) is 0. The molecule has 1 aromatic carbocycles. The third-order valence-electron chi connectivity index (χ3n) is 1.67. The summed E-state index contributed by atoms with van der Waals surface area (Å²) in [6.45, 7) is 1.84. The number of hydrogen-bond acceptors (Lipinski definition) is 2. The lowest BCUT2D eigenvalue weighted by Crippen LogP contribution is -1.92. The molecule has 0 aliphatic carbocycles. The highest BCUT2D eigenvalue weighted by Crippen LogP contribution is 2.27. The fourth-order valence-corrected chi connectivity index (χ4v) is 1.17. The molecule has 1 aromatic rings. The smallest absolute Gasteiger partial charge is 0.155 e. The van der Waals surface area contributed by atoms with E-state index in [9.17, 15) is 4.79 Å². The van der Waals surface area contributed by atoms with Crippen molar-refractivity contribution in [3.63, 3.8) is 0 Å². The minimum absolute atomic E-state index is 0.416. The number of ether oxygens (including phenoxy) is 1. The molecular formula is C9H9ClO2. The van der Waals surface area contributed by atoms with Gasteiger partial charge < -0.3 is 4.74 Å². The van der Waals surface area contributed by atoms with Gasteiger partial charge >= 0.3 is 0 Å². The van der Waals surface area contributed by atoms with Crippen molar-refractivity contribution >= 4 is 17.9 Å². The molecule has 3 heteroatoms. The molecule has 0 aliphatic heterocycles. The van der Waals surface area contributed by atoms with Gasteiger partial charge in [0.1, 0.15) is 5.75 Å². The number of aldehydes is 1. The van der Waals surface area contributed by atoms with Crippen LogP contribution in [0.4, 0.5) is 0 Å². The average Bonchev–Trinajstić information content (AvgIpc) is 2.09. The minimum Gasteiger partial charge on any atom is -0.496 e. The quantitative estimate of drug-likeness (QED) is 0.660. The van der Waals surface area contributed by atoms with Crippen molar-refractivity contribution in [2.45, 2.75) is 6.92 Å². The van der Waals surface area contributed by atoms with Crippen LogP contribution in [0.2, 0.25) is 5.02 Å². The summed E-state index contributed by atoms with van der Waals surface area (Å²) in [6.07, 6.45) is 0.703. The van der Waals surface area contributed by atoms with Crippen LogP contribution in [0, 0.1) is 6.92 Å². The first kappa shape index (κ1) is 9.07. The second kappa shape index (κ2) is 3.59. The molecule has 0 spiro atoms. The molecule has 0 atom stereocenters. The van der Waals surface area contributed by atoms with Gasteiger partial charge in [0.15, 0.2) is 6.29 Å². The van der Waals surface area contributed by atoms with Gasteiger partial charge in [-0.05, 0) is 18.6 Å². The number of aryl methyl sites for hydroxylation is 1. The number of rotatable bonds is 2. The number of carbonyl (C=O) groups is 1. The zero-order chi connectivity index (χ0) is 9.14. The van der Waals surface area contributed by atoms with E-state index in [0.717, 1.165) is 5.56 Å². The van der Waals surface area contributed by atoms with Crippen molar-refractivity contribution < 1.29 is 9.53 Å². The molecule has 0 radical (unpaired) electrons. The molecule has 0 aromatic heterocycles. The Kier molecular flexibility index (Phi) is 2.71. The molecule has 64 valence electrons. The van der Waals surface area contributed by atoms with Crippen LogP contribution in [-0.4, -0.2) is 13.4 Å². The van der Waals surface area contributed by atoms with Crippen molar-refractivity contribution in [2.75, 3.05) is 7.11 Å². The van der Waals surface area contributed by atoms with Crippen molar-refractivity contribution in [1.29, 1.82) is 0 Å². The zero-order valence-electron chi connectivity index (χ0n) is 6.93. The van der Waals surface area contributed by atoms with E-state index < -0.39 is 0 Å². The number of benzene rings is 1. The van der Waals surface area contributed by atoms with E-state index >= 15 is 0 Å². The predicted octanol–water partition coefficient (Wildman–Crippen LogP) is 2.47. The average molecular weight is 185 g/mol. The molecule has 0 fully saturated rings. The Labute approximate surface area is 76.1 Å². The fraction of sp³-hybridized carbons (Fsp3) is 0.222. The largest absolute Gasteiger partial charge is 0.496 e. The van der Waals surface area contributed by atoms with E-state index in [-0.39, 0.29) is 0 Å². The molecule has 12 heavy (non-hydrogen) atoms. The first-order valence-corrected chi connectivity index (χ1v) is 3.86. The van der Waals surface area contributed by atoms with Gasteiger partial charge in [-0.3, -0.25) is 4.79 Å². The molecule has 0 heterocycles. The molecule has 0 saturated carbocycles. The summed E-state index contributed by atoms with van der Waals surface area (Å²) in [4.78, 5) is 10.6. The van der Waals surface area contributed by atoms with Gasteiger partial charge in [-0.25, -0.2) is 0 Å². The summed E-state index contributed by atoms with van der Waals surface area (Å²) in [5.74, 6) is 0.514. The van der Waals surface area contributed by atoms with Crippen LogP contribution in [0.1, 0.15) is 15.9 Å². The fourth-order valence-electron chi connectivity index (χ4n) is 0.972. The van der Waals surface area contributed by atoms with Gasteiger partial charge in [-0.15, -0.1) is 0 Å². The summed E-state index contributed by atoms with van der Waals surface area (Å²) in [5, 5.41) is 0.462. The molecule has 2 nitrogen and oxygen atoms in total. The second-order valence-electron chi connectivity index (χ2n) is 2.43. The summed E-state index contributed by atoms with van der Waals surface area (Å²) < 4.78 is 4.96. The standard InChI is InChI=1S/C9H9ClO2/c1-6-3-4-8(12-2)7(5-11)9(6)10/h3-5H,1-2H3. The van der Waals surface area contributed by atoms with Gasteiger partial charge in [0, 0.05) is 0 Å². The Balaban J connectivity index is 3.35. The van der Waals surface area contributed by atoms with Crippen LogP contribution in [0.3, 0.4) is 0 Å². The Morgan fingerprint density at radius 2 is 2.17 bits per heavy atom. The first-order chi connectivity index (χ1) is 5.70. The molecule has 0 unspecified atom stereocenters. The highest BCUT2D eigenvalue weighted by molar-refractivity contribution is 6.34. The normalized spacial score (nSPS) is 9.58. The lowest BCUT2D eigenvalue weighted by molar-refractivity contribution is 0.112. The molecule has 1 rings (SSSR count). The summed E-state index contributed by atoms with van der Waals surface area (Å²) >= 11 is 5.87. The summed E-state index contributed by atoms with van der Waals surface area (Å²) in [6, 6.07) is 3.54. The van der Waals surface area contributed by atoms with Gasteiger partial charge in [0.25, 0.3) is 0 Å². The third kappa shape index (κ3) is 1.43. The molecular weight excluding hydrogens is 176 g/mol. The maximum Gasteiger partial charge on any atom is 0.155 e. The van der Waals surface area contributed by atoms with Crippen molar-refractivity contribution in [1.82, 2.24) is 0 Å². The van der Waals surface area contributed by atoms with Gasteiger partial charge in [-0.2, -0.15) is 0 Å². The van der Waals surface area contributed by atoms with Gasteiger partial charge in [-0.1, -0.05) is 17.7 Å². The van der Waals surface area contributed by atoms with Crippen LogP contribution in [0.5, 0.6) is 5.75 Å². The van der Waals surface area contributed by atoms with Crippen molar-refractivity contribution in [3.8, 4) is 5.75 Å².